The SMILES string of the molecule is CC[C@H](C)OP1(=S)N(C)[C@@H]2CCCC[C@H]2N1C. The molecule has 0 radical (unpaired) electrons. The van der Waals surface area contributed by atoms with E-state index in [-0.39, 0.29) is 6.10 Å². The van der Waals surface area contributed by atoms with E-state index in [0.29, 0.717) is 12.1 Å². The first-order valence-electron chi connectivity index (χ1n) is 6.75. The van der Waals surface area contributed by atoms with Crippen molar-refractivity contribution in [2.75, 3.05) is 14.1 Å². The molecular formula is C12H25N2OPS. The standard InChI is InChI=1S/C12H25N2OPS/c1-5-10(2)15-16(17)13(3)11-8-6-7-9-12(11)14(16)4/h10-12H,5-9H2,1-4H3/t10-,11+,12+/m0/s1. The van der Waals surface area contributed by atoms with E-state index in [1.165, 1.54) is 25.7 Å². The Morgan fingerprint density at radius 1 is 1.24 bits per heavy atom. The molecule has 3 atom stereocenters. The van der Waals surface area contributed by atoms with Crippen molar-refractivity contribution < 1.29 is 4.52 Å². The second-order valence-electron chi connectivity index (χ2n) is 5.38. The zero-order valence-electron chi connectivity index (χ0n) is 11.4. The van der Waals surface area contributed by atoms with Gasteiger partial charge in [-0.3, -0.25) is 0 Å². The van der Waals surface area contributed by atoms with Crippen molar-refractivity contribution in [3.8, 4) is 0 Å². The van der Waals surface area contributed by atoms with Crippen LogP contribution in [0.25, 0.3) is 0 Å². The highest BCUT2D eigenvalue weighted by atomic mass is 32.5. The lowest BCUT2D eigenvalue weighted by Gasteiger charge is -2.32. The molecular weight excluding hydrogens is 251 g/mol. The van der Waals surface area contributed by atoms with Gasteiger partial charge in [-0.05, 0) is 52.1 Å². The average molecular weight is 276 g/mol. The maximum atomic E-state index is 6.24. The summed E-state index contributed by atoms with van der Waals surface area (Å²) in [7, 11) is 4.35. The summed E-state index contributed by atoms with van der Waals surface area (Å²) in [5.74, 6) is 0. The topological polar surface area (TPSA) is 15.7 Å². The summed E-state index contributed by atoms with van der Waals surface area (Å²) in [4.78, 5) is 0. The molecule has 0 aromatic heterocycles. The highest BCUT2D eigenvalue weighted by molar-refractivity contribution is 8.10. The fourth-order valence-electron chi connectivity index (χ4n) is 3.02. The smallest absolute Gasteiger partial charge is 0.203 e. The van der Waals surface area contributed by atoms with Gasteiger partial charge in [-0.25, -0.2) is 9.34 Å². The average Bonchev–Trinajstić information content (AvgIpc) is 2.53. The van der Waals surface area contributed by atoms with Crippen LogP contribution in [0.4, 0.5) is 0 Å². The molecule has 1 aliphatic carbocycles. The Morgan fingerprint density at radius 2 is 1.71 bits per heavy atom. The molecule has 1 heterocycles. The molecule has 1 aliphatic heterocycles. The van der Waals surface area contributed by atoms with Crippen molar-refractivity contribution in [1.82, 2.24) is 9.34 Å². The van der Waals surface area contributed by atoms with Gasteiger partial charge in [-0.2, -0.15) is 0 Å². The van der Waals surface area contributed by atoms with Crippen LogP contribution in [0.3, 0.4) is 0 Å². The largest absolute Gasteiger partial charge is 0.324 e. The third kappa shape index (κ3) is 2.35. The van der Waals surface area contributed by atoms with Crippen LogP contribution in [-0.4, -0.2) is 41.6 Å². The maximum absolute atomic E-state index is 6.24. The molecule has 2 rings (SSSR count). The minimum atomic E-state index is -1.93. The van der Waals surface area contributed by atoms with Gasteiger partial charge in [0.2, 0.25) is 6.57 Å². The van der Waals surface area contributed by atoms with E-state index in [0.717, 1.165) is 6.42 Å². The second kappa shape index (κ2) is 5.26. The quantitative estimate of drug-likeness (QED) is 0.735. The Morgan fingerprint density at radius 3 is 2.12 bits per heavy atom. The molecule has 0 N–H and O–H groups in total. The summed E-state index contributed by atoms with van der Waals surface area (Å²) in [5, 5.41) is 0. The Bertz CT molecular complexity index is 304. The molecule has 0 unspecified atom stereocenters. The molecule has 0 aromatic carbocycles. The van der Waals surface area contributed by atoms with Crippen LogP contribution in [0.15, 0.2) is 0 Å². The normalized spacial score (nSPS) is 35.8. The van der Waals surface area contributed by atoms with Gasteiger partial charge in [0, 0.05) is 12.1 Å². The third-order valence-electron chi connectivity index (χ3n) is 4.34. The monoisotopic (exact) mass is 276 g/mol. The van der Waals surface area contributed by atoms with E-state index in [2.05, 4.69) is 37.3 Å². The Balaban J connectivity index is 2.19. The van der Waals surface area contributed by atoms with Gasteiger partial charge in [0.1, 0.15) is 0 Å². The molecule has 3 nitrogen and oxygen atoms in total. The van der Waals surface area contributed by atoms with Crippen LogP contribution in [0.2, 0.25) is 0 Å². The second-order valence-corrected chi connectivity index (χ2v) is 9.26. The Kier molecular flexibility index (Phi) is 4.32. The number of nitrogens with zero attached hydrogens (tertiary/aromatic N) is 2. The van der Waals surface area contributed by atoms with Crippen molar-refractivity contribution >= 4 is 18.4 Å². The molecule has 0 amide bonds. The van der Waals surface area contributed by atoms with E-state index in [1.54, 1.807) is 0 Å². The molecule has 5 heteroatoms. The van der Waals surface area contributed by atoms with Gasteiger partial charge in [0.15, 0.2) is 0 Å². The minimum absolute atomic E-state index is 0.269. The van der Waals surface area contributed by atoms with E-state index in [4.69, 9.17) is 16.3 Å². The summed E-state index contributed by atoms with van der Waals surface area (Å²) in [6.45, 7) is 2.37. The predicted molar refractivity (Wildman–Crippen MR) is 76.7 cm³/mol. The van der Waals surface area contributed by atoms with E-state index >= 15 is 0 Å². The van der Waals surface area contributed by atoms with Crippen molar-refractivity contribution in [2.24, 2.45) is 0 Å². The fourth-order valence-corrected chi connectivity index (χ4v) is 6.83. The van der Waals surface area contributed by atoms with Crippen molar-refractivity contribution in [3.05, 3.63) is 0 Å². The van der Waals surface area contributed by atoms with Gasteiger partial charge in [0.05, 0.1) is 6.10 Å². The van der Waals surface area contributed by atoms with Crippen LogP contribution in [0.1, 0.15) is 46.0 Å². The number of fused-ring (bicyclic) bond motifs is 1. The first kappa shape index (κ1) is 14.0. The molecule has 1 saturated carbocycles. The first-order chi connectivity index (χ1) is 8.00. The van der Waals surface area contributed by atoms with Crippen LogP contribution in [0.5, 0.6) is 0 Å². The molecule has 0 spiro atoms. The lowest BCUT2D eigenvalue weighted by atomic mass is 9.91. The van der Waals surface area contributed by atoms with Crippen LogP contribution < -0.4 is 0 Å². The van der Waals surface area contributed by atoms with Gasteiger partial charge in [-0.1, -0.05) is 19.8 Å². The molecule has 100 valence electrons. The summed E-state index contributed by atoms with van der Waals surface area (Å²) >= 11 is 5.91. The van der Waals surface area contributed by atoms with Crippen molar-refractivity contribution in [2.45, 2.75) is 64.1 Å². The van der Waals surface area contributed by atoms with Gasteiger partial charge in [-0.15, -0.1) is 0 Å². The van der Waals surface area contributed by atoms with Gasteiger partial charge >= 0.3 is 0 Å². The van der Waals surface area contributed by atoms with Gasteiger partial charge in [0.25, 0.3) is 0 Å². The zero-order chi connectivity index (χ0) is 12.6. The highest BCUT2D eigenvalue weighted by Crippen LogP contribution is 2.63. The molecule has 0 bridgehead atoms. The predicted octanol–water partition coefficient (Wildman–Crippen LogP) is 3.21. The van der Waals surface area contributed by atoms with Crippen molar-refractivity contribution in [1.29, 1.82) is 0 Å². The lowest BCUT2D eigenvalue weighted by Crippen LogP contribution is -2.37. The zero-order valence-corrected chi connectivity index (χ0v) is 13.1. The van der Waals surface area contributed by atoms with Crippen LogP contribution in [-0.2, 0) is 16.3 Å². The van der Waals surface area contributed by atoms with E-state index in [9.17, 15) is 0 Å². The van der Waals surface area contributed by atoms with Gasteiger partial charge < -0.3 is 4.52 Å². The number of hydrogen-bond acceptors (Lipinski definition) is 2. The Labute approximate surface area is 111 Å². The summed E-state index contributed by atoms with van der Waals surface area (Å²) in [5.41, 5.74) is 0. The first-order valence-corrected chi connectivity index (χ1v) is 9.38. The lowest BCUT2D eigenvalue weighted by molar-refractivity contribution is 0.212. The minimum Gasteiger partial charge on any atom is -0.324 e. The summed E-state index contributed by atoms with van der Waals surface area (Å²) in [6, 6.07) is 1.26. The maximum Gasteiger partial charge on any atom is 0.203 e. The fraction of sp³-hybridized carbons (Fsp3) is 1.00. The molecule has 17 heavy (non-hydrogen) atoms. The number of likely N-dealkylation sites (N-methyl/N-ethyl adjacent to an activating group) is 2. The van der Waals surface area contributed by atoms with Crippen molar-refractivity contribution in [3.63, 3.8) is 0 Å². The number of rotatable bonds is 3. The summed E-state index contributed by atoms with van der Waals surface area (Å²) in [6.07, 6.45) is 6.57. The number of hydrogen-bond donors (Lipinski definition) is 0. The molecule has 0 aromatic rings. The molecule has 2 fully saturated rings. The third-order valence-corrected chi connectivity index (χ3v) is 8.97. The van der Waals surface area contributed by atoms with Crippen LogP contribution in [0, 0.1) is 0 Å². The van der Waals surface area contributed by atoms with E-state index < -0.39 is 6.57 Å². The summed E-state index contributed by atoms with van der Waals surface area (Å²) < 4.78 is 11.0. The Hall–Kier alpha value is 0.530. The van der Waals surface area contributed by atoms with Crippen LogP contribution >= 0.6 is 6.57 Å². The molecule has 1 saturated heterocycles. The highest BCUT2D eigenvalue weighted by Gasteiger charge is 2.49. The van der Waals surface area contributed by atoms with E-state index in [1.807, 2.05) is 0 Å². The molecule has 2 aliphatic rings.